The van der Waals surface area contributed by atoms with Gasteiger partial charge in [0.2, 0.25) is 0 Å². The Balaban J connectivity index is 5.13. The highest BCUT2D eigenvalue weighted by Crippen LogP contribution is 2.05. The minimum absolute atomic E-state index is 0.322. The van der Waals surface area contributed by atoms with E-state index in [1.165, 1.54) is 12.2 Å². The molecular formula is C12H11NO2. The average molecular weight is 201 g/mol. The molecule has 0 radical (unpaired) electrons. The van der Waals surface area contributed by atoms with E-state index in [0.29, 0.717) is 5.57 Å². The van der Waals surface area contributed by atoms with Gasteiger partial charge in [-0.05, 0) is 11.6 Å². The highest BCUT2D eigenvalue weighted by atomic mass is 16.4. The number of carbonyl (C=O) groups is 1. The summed E-state index contributed by atoms with van der Waals surface area (Å²) in [7, 11) is 0. The summed E-state index contributed by atoms with van der Waals surface area (Å²) in [6.07, 6.45) is 9.20. The predicted molar refractivity (Wildman–Crippen MR) is 58.9 cm³/mol. The van der Waals surface area contributed by atoms with Crippen LogP contribution in [0.5, 0.6) is 0 Å². The van der Waals surface area contributed by atoms with E-state index >= 15 is 0 Å². The normalized spacial score (nSPS) is 12.2. The fraction of sp³-hybridized carbons (Fsp3) is 0. The highest BCUT2D eigenvalue weighted by molar-refractivity contribution is 5.91. The first kappa shape index (κ1) is 12.7. The fourth-order valence-electron chi connectivity index (χ4n) is 0.776. The van der Waals surface area contributed by atoms with Gasteiger partial charge in [0.05, 0.1) is 0 Å². The molecule has 1 N–H and O–H groups in total. The highest BCUT2D eigenvalue weighted by Gasteiger charge is 2.04. The molecule has 0 aliphatic carbocycles. The predicted octanol–water partition coefficient (Wildman–Crippen LogP) is 2.38. The molecule has 76 valence electrons. The van der Waals surface area contributed by atoms with E-state index in [9.17, 15) is 4.79 Å². The van der Waals surface area contributed by atoms with Crippen LogP contribution < -0.4 is 0 Å². The van der Waals surface area contributed by atoms with Crippen LogP contribution in [0.4, 0.5) is 0 Å². The van der Waals surface area contributed by atoms with Crippen LogP contribution in [0.2, 0.25) is 0 Å². The smallest absolute Gasteiger partial charge is 0.346 e. The van der Waals surface area contributed by atoms with Crippen LogP contribution in [0.25, 0.3) is 0 Å². The lowest BCUT2D eigenvalue weighted by atomic mass is 10.1. The van der Waals surface area contributed by atoms with Crippen LogP contribution in [0.3, 0.4) is 0 Å². The molecule has 0 unspecified atom stereocenters. The van der Waals surface area contributed by atoms with Gasteiger partial charge in [0, 0.05) is 0 Å². The van der Waals surface area contributed by atoms with Crippen molar-refractivity contribution in [1.29, 1.82) is 5.26 Å². The minimum atomic E-state index is -1.25. The number of allylic oxidation sites excluding steroid dienone is 7. The average Bonchev–Trinajstić information content (AvgIpc) is 2.21. The van der Waals surface area contributed by atoms with Crippen molar-refractivity contribution in [1.82, 2.24) is 0 Å². The van der Waals surface area contributed by atoms with Crippen molar-refractivity contribution in [3.8, 4) is 6.07 Å². The third kappa shape index (κ3) is 5.06. The Morgan fingerprint density at radius 3 is 2.40 bits per heavy atom. The topological polar surface area (TPSA) is 61.1 Å². The van der Waals surface area contributed by atoms with E-state index in [2.05, 4.69) is 13.2 Å². The standard InChI is InChI=1S/C12H11NO2/c1-3-5-7-10(6-4-2)8-11(9-13)12(14)15/h3-8H,1-2H2,(H,14,15)/b7-5-,10-6+,11-8+. The number of aliphatic carboxylic acids is 1. The maximum Gasteiger partial charge on any atom is 0.346 e. The van der Waals surface area contributed by atoms with Crippen LogP contribution in [0.15, 0.2) is 60.8 Å². The zero-order valence-electron chi connectivity index (χ0n) is 8.18. The summed E-state index contributed by atoms with van der Waals surface area (Å²) in [6, 6.07) is 1.59. The van der Waals surface area contributed by atoms with Crippen LogP contribution in [-0.2, 0) is 4.79 Å². The van der Waals surface area contributed by atoms with Crippen molar-refractivity contribution in [2.24, 2.45) is 0 Å². The van der Waals surface area contributed by atoms with Gasteiger partial charge in [-0.25, -0.2) is 4.79 Å². The summed E-state index contributed by atoms with van der Waals surface area (Å²) in [5, 5.41) is 17.2. The van der Waals surface area contributed by atoms with Crippen molar-refractivity contribution >= 4 is 5.97 Å². The van der Waals surface area contributed by atoms with Crippen molar-refractivity contribution < 1.29 is 9.90 Å². The molecule has 0 amide bonds. The second-order valence-corrected chi connectivity index (χ2v) is 2.47. The molecule has 0 bridgehead atoms. The number of hydrogen-bond acceptors (Lipinski definition) is 2. The Hall–Kier alpha value is -2.34. The molecule has 0 saturated heterocycles. The van der Waals surface area contributed by atoms with Crippen molar-refractivity contribution in [3.63, 3.8) is 0 Å². The number of hydrogen-bond donors (Lipinski definition) is 1. The lowest BCUT2D eigenvalue weighted by molar-refractivity contribution is -0.132. The molecule has 0 aliphatic rings. The van der Waals surface area contributed by atoms with Gasteiger partial charge in [-0.1, -0.05) is 43.5 Å². The zero-order valence-corrected chi connectivity index (χ0v) is 8.18. The Bertz CT molecular complexity index is 392. The molecule has 0 aromatic heterocycles. The molecule has 0 aliphatic heterocycles. The molecule has 3 heteroatoms. The maximum atomic E-state index is 10.6. The van der Waals surface area contributed by atoms with E-state index in [1.54, 1.807) is 30.4 Å². The number of carboxylic acids is 1. The second-order valence-electron chi connectivity index (χ2n) is 2.47. The van der Waals surface area contributed by atoms with E-state index in [0.717, 1.165) is 0 Å². The zero-order chi connectivity index (χ0) is 11.7. The first-order chi connectivity index (χ1) is 7.15. The van der Waals surface area contributed by atoms with Gasteiger partial charge < -0.3 is 5.11 Å². The molecule has 0 rings (SSSR count). The lowest BCUT2D eigenvalue weighted by Gasteiger charge is -1.93. The summed E-state index contributed by atoms with van der Waals surface area (Å²) in [6.45, 7) is 6.98. The van der Waals surface area contributed by atoms with Gasteiger partial charge in [0.15, 0.2) is 0 Å². The van der Waals surface area contributed by atoms with E-state index in [4.69, 9.17) is 10.4 Å². The second kappa shape index (κ2) is 7.10. The van der Waals surface area contributed by atoms with Crippen molar-refractivity contribution in [2.45, 2.75) is 0 Å². The molecular weight excluding hydrogens is 190 g/mol. The Morgan fingerprint density at radius 1 is 1.33 bits per heavy atom. The van der Waals surface area contributed by atoms with Gasteiger partial charge in [0.25, 0.3) is 0 Å². The maximum absolute atomic E-state index is 10.6. The third-order valence-corrected chi connectivity index (χ3v) is 1.40. The monoisotopic (exact) mass is 201 g/mol. The van der Waals surface area contributed by atoms with Crippen LogP contribution in [0.1, 0.15) is 0 Å². The third-order valence-electron chi connectivity index (χ3n) is 1.40. The van der Waals surface area contributed by atoms with E-state index in [1.807, 2.05) is 0 Å². The molecule has 3 nitrogen and oxygen atoms in total. The van der Waals surface area contributed by atoms with Crippen LogP contribution in [0, 0.1) is 11.3 Å². The molecule has 0 aromatic rings. The summed E-state index contributed by atoms with van der Waals surface area (Å²) in [4.78, 5) is 10.6. The summed E-state index contributed by atoms with van der Waals surface area (Å²) >= 11 is 0. The summed E-state index contributed by atoms with van der Waals surface area (Å²) in [5.41, 5.74) is 0.251. The van der Waals surface area contributed by atoms with Gasteiger partial charge in [-0.15, -0.1) is 0 Å². The van der Waals surface area contributed by atoms with Gasteiger partial charge in [0.1, 0.15) is 11.6 Å². The number of carboxylic acid groups (broad SMARTS) is 1. The molecule has 0 spiro atoms. The quantitative estimate of drug-likeness (QED) is 0.422. The molecule has 15 heavy (non-hydrogen) atoms. The van der Waals surface area contributed by atoms with Crippen molar-refractivity contribution in [2.75, 3.05) is 0 Å². The van der Waals surface area contributed by atoms with Gasteiger partial charge in [-0.3, -0.25) is 0 Å². The molecule has 0 aromatic carbocycles. The van der Waals surface area contributed by atoms with Gasteiger partial charge >= 0.3 is 5.97 Å². The summed E-state index contributed by atoms with van der Waals surface area (Å²) in [5.74, 6) is -1.25. The number of nitriles is 1. The first-order valence-corrected chi connectivity index (χ1v) is 4.12. The van der Waals surface area contributed by atoms with Gasteiger partial charge in [-0.2, -0.15) is 5.26 Å². The Labute approximate surface area is 88.7 Å². The minimum Gasteiger partial charge on any atom is -0.477 e. The number of rotatable bonds is 5. The fourth-order valence-corrected chi connectivity index (χ4v) is 0.776. The Morgan fingerprint density at radius 2 is 2.00 bits per heavy atom. The molecule has 0 atom stereocenters. The number of nitrogens with zero attached hydrogens (tertiary/aromatic N) is 1. The SMILES string of the molecule is C=C\C=C/C(=C\C=C)/C=C(\C#N)C(=O)O. The molecule has 0 heterocycles. The van der Waals surface area contributed by atoms with Crippen LogP contribution >= 0.6 is 0 Å². The summed E-state index contributed by atoms with van der Waals surface area (Å²) < 4.78 is 0. The van der Waals surface area contributed by atoms with E-state index in [-0.39, 0.29) is 5.57 Å². The molecule has 0 saturated carbocycles. The van der Waals surface area contributed by atoms with Crippen LogP contribution in [-0.4, -0.2) is 11.1 Å². The largest absolute Gasteiger partial charge is 0.477 e. The lowest BCUT2D eigenvalue weighted by Crippen LogP contribution is -1.97. The van der Waals surface area contributed by atoms with Crippen molar-refractivity contribution in [3.05, 3.63) is 60.8 Å². The van der Waals surface area contributed by atoms with E-state index < -0.39 is 5.97 Å². The first-order valence-electron chi connectivity index (χ1n) is 4.12. The molecule has 0 fully saturated rings. The Kier molecular flexibility index (Phi) is 5.99.